The molecule has 34 heavy (non-hydrogen) atoms. The molecule has 0 aliphatic rings. The van der Waals surface area contributed by atoms with Crippen LogP contribution in [0.2, 0.25) is 0 Å². The van der Waals surface area contributed by atoms with E-state index in [0.717, 1.165) is 16.8 Å². The van der Waals surface area contributed by atoms with E-state index in [-0.39, 0.29) is 0 Å². The molecule has 5 aromatic rings. The topological polar surface area (TPSA) is 12.9 Å². The molecule has 0 bridgehead atoms. The number of rotatable bonds is 6. The van der Waals surface area contributed by atoms with Crippen molar-refractivity contribution >= 4 is 24.3 Å². The Kier molecular flexibility index (Phi) is 6.54. The van der Waals surface area contributed by atoms with Gasteiger partial charge in [-0.2, -0.15) is 0 Å². The molecule has 1 heteroatoms. The van der Waals surface area contributed by atoms with Gasteiger partial charge in [0.1, 0.15) is 0 Å². The highest BCUT2D eigenvalue weighted by atomic mass is 14.7. The van der Waals surface area contributed by atoms with E-state index in [9.17, 15) is 0 Å². The molecule has 0 N–H and O–H groups in total. The van der Waals surface area contributed by atoms with Gasteiger partial charge in [-0.05, 0) is 51.1 Å². The van der Waals surface area contributed by atoms with Crippen LogP contribution in [0.5, 0.6) is 0 Å². The minimum atomic E-state index is 0.941. The molecule has 5 rings (SSSR count). The molecule has 0 spiro atoms. The Labute approximate surface area is 201 Å². The van der Waals surface area contributed by atoms with Gasteiger partial charge in [0.25, 0.3) is 0 Å². The third-order valence-electron chi connectivity index (χ3n) is 5.76. The van der Waals surface area contributed by atoms with Gasteiger partial charge in [-0.15, -0.1) is 0 Å². The first-order valence-electron chi connectivity index (χ1n) is 11.5. The SMILES string of the molecule is C(=Cc1ccc(C=Cc2ccc(-c3ccccc3)cc2)nc1)c1ccc(-c2ccccc2)cc1. The third kappa shape index (κ3) is 5.46. The van der Waals surface area contributed by atoms with E-state index in [0.29, 0.717) is 0 Å². The first kappa shape index (κ1) is 21.4. The van der Waals surface area contributed by atoms with Crippen LogP contribution in [0.3, 0.4) is 0 Å². The molecule has 0 aliphatic carbocycles. The molecule has 0 amide bonds. The van der Waals surface area contributed by atoms with Gasteiger partial charge in [-0.1, -0.05) is 133 Å². The fourth-order valence-electron chi connectivity index (χ4n) is 3.82. The van der Waals surface area contributed by atoms with Crippen molar-refractivity contribution in [3.05, 3.63) is 150 Å². The maximum absolute atomic E-state index is 4.59. The van der Waals surface area contributed by atoms with Crippen molar-refractivity contribution in [1.82, 2.24) is 4.98 Å². The van der Waals surface area contributed by atoms with Crippen LogP contribution in [0.1, 0.15) is 22.4 Å². The summed E-state index contributed by atoms with van der Waals surface area (Å²) in [6.07, 6.45) is 10.3. The van der Waals surface area contributed by atoms with Crippen LogP contribution < -0.4 is 0 Å². The molecular formula is C33H25N. The Morgan fingerprint density at radius 2 is 0.765 bits per heavy atom. The van der Waals surface area contributed by atoms with Crippen molar-refractivity contribution in [2.45, 2.75) is 0 Å². The first-order valence-corrected chi connectivity index (χ1v) is 11.5. The van der Waals surface area contributed by atoms with Crippen LogP contribution in [0.4, 0.5) is 0 Å². The van der Waals surface area contributed by atoms with Crippen molar-refractivity contribution < 1.29 is 0 Å². The quantitative estimate of drug-likeness (QED) is 0.260. The van der Waals surface area contributed by atoms with Crippen molar-refractivity contribution in [2.24, 2.45) is 0 Å². The van der Waals surface area contributed by atoms with Crippen LogP contribution in [-0.4, -0.2) is 4.98 Å². The third-order valence-corrected chi connectivity index (χ3v) is 5.76. The molecule has 0 unspecified atom stereocenters. The average molecular weight is 436 g/mol. The lowest BCUT2D eigenvalue weighted by molar-refractivity contribution is 1.29. The predicted octanol–water partition coefficient (Wildman–Crippen LogP) is 8.76. The zero-order chi connectivity index (χ0) is 23.0. The monoisotopic (exact) mass is 435 g/mol. The summed E-state index contributed by atoms with van der Waals surface area (Å²) in [5.74, 6) is 0. The minimum absolute atomic E-state index is 0.941. The summed E-state index contributed by atoms with van der Waals surface area (Å²) < 4.78 is 0. The molecule has 0 saturated carbocycles. The predicted molar refractivity (Wildman–Crippen MR) is 146 cm³/mol. The van der Waals surface area contributed by atoms with Crippen molar-refractivity contribution in [3.63, 3.8) is 0 Å². The summed E-state index contributed by atoms with van der Waals surface area (Å²) in [4.78, 5) is 4.59. The van der Waals surface area contributed by atoms with Gasteiger partial charge in [-0.3, -0.25) is 4.98 Å². The fraction of sp³-hybridized carbons (Fsp3) is 0. The second-order valence-corrected chi connectivity index (χ2v) is 8.16. The average Bonchev–Trinajstić information content (AvgIpc) is 2.93. The summed E-state index contributed by atoms with van der Waals surface area (Å²) in [5, 5.41) is 0. The van der Waals surface area contributed by atoms with E-state index in [1.165, 1.54) is 27.8 Å². The molecule has 1 aromatic heterocycles. The van der Waals surface area contributed by atoms with E-state index in [4.69, 9.17) is 0 Å². The van der Waals surface area contributed by atoms with E-state index in [1.807, 2.05) is 30.5 Å². The highest BCUT2D eigenvalue weighted by Gasteiger charge is 1.98. The van der Waals surface area contributed by atoms with Gasteiger partial charge in [0, 0.05) is 6.20 Å². The summed E-state index contributed by atoms with van der Waals surface area (Å²) in [6, 6.07) is 42.2. The molecule has 1 heterocycles. The molecule has 0 aliphatic heterocycles. The number of benzene rings is 4. The van der Waals surface area contributed by atoms with Gasteiger partial charge in [0.05, 0.1) is 5.69 Å². The van der Waals surface area contributed by atoms with Gasteiger partial charge in [-0.25, -0.2) is 0 Å². The second-order valence-electron chi connectivity index (χ2n) is 8.16. The lowest BCUT2D eigenvalue weighted by Crippen LogP contribution is -1.82. The maximum Gasteiger partial charge on any atom is 0.0630 e. The van der Waals surface area contributed by atoms with Crippen molar-refractivity contribution in [3.8, 4) is 22.3 Å². The highest BCUT2D eigenvalue weighted by Crippen LogP contribution is 2.21. The van der Waals surface area contributed by atoms with Crippen LogP contribution in [0.25, 0.3) is 46.6 Å². The van der Waals surface area contributed by atoms with Gasteiger partial charge >= 0.3 is 0 Å². The van der Waals surface area contributed by atoms with Crippen LogP contribution in [0.15, 0.2) is 128 Å². The van der Waals surface area contributed by atoms with E-state index in [2.05, 4.69) is 126 Å². The Hall–Kier alpha value is -4.49. The number of aromatic nitrogens is 1. The number of hydrogen-bond acceptors (Lipinski definition) is 1. The smallest absolute Gasteiger partial charge is 0.0630 e. The lowest BCUT2D eigenvalue weighted by Gasteiger charge is -2.02. The normalized spacial score (nSPS) is 11.3. The number of pyridine rings is 1. The Morgan fingerprint density at radius 3 is 1.24 bits per heavy atom. The summed E-state index contributed by atoms with van der Waals surface area (Å²) in [5.41, 5.74) is 9.26. The minimum Gasteiger partial charge on any atom is -0.256 e. The van der Waals surface area contributed by atoms with Crippen LogP contribution >= 0.6 is 0 Å². The molecule has 0 radical (unpaired) electrons. The highest BCUT2D eigenvalue weighted by molar-refractivity contribution is 5.74. The molecule has 0 fully saturated rings. The second kappa shape index (κ2) is 10.4. The molecule has 0 atom stereocenters. The number of hydrogen-bond donors (Lipinski definition) is 0. The van der Waals surface area contributed by atoms with Crippen molar-refractivity contribution in [1.29, 1.82) is 0 Å². The molecular weight excluding hydrogens is 410 g/mol. The standard InChI is InChI=1S/C33H25N/c1-3-7-29(8-4-1)31-19-13-26(14-20-31)11-12-28-18-24-33(34-25-28)23-17-27-15-21-32(22-16-27)30-9-5-2-6-10-30/h1-25H. The Bertz CT molecular complexity index is 1270. The van der Waals surface area contributed by atoms with E-state index in [1.54, 1.807) is 0 Å². The summed E-state index contributed by atoms with van der Waals surface area (Å²) >= 11 is 0. The zero-order valence-electron chi connectivity index (χ0n) is 18.9. The van der Waals surface area contributed by atoms with Crippen molar-refractivity contribution in [2.75, 3.05) is 0 Å². The van der Waals surface area contributed by atoms with Crippen LogP contribution in [-0.2, 0) is 0 Å². The zero-order valence-corrected chi connectivity index (χ0v) is 18.9. The van der Waals surface area contributed by atoms with Gasteiger partial charge in [0.2, 0.25) is 0 Å². The maximum atomic E-state index is 4.59. The van der Waals surface area contributed by atoms with E-state index >= 15 is 0 Å². The molecule has 162 valence electrons. The molecule has 4 aromatic carbocycles. The largest absolute Gasteiger partial charge is 0.256 e. The Morgan fingerprint density at radius 1 is 0.353 bits per heavy atom. The lowest BCUT2D eigenvalue weighted by atomic mass is 10.0. The van der Waals surface area contributed by atoms with E-state index < -0.39 is 0 Å². The first-order chi connectivity index (χ1) is 16.8. The fourth-order valence-corrected chi connectivity index (χ4v) is 3.82. The van der Waals surface area contributed by atoms with Gasteiger partial charge in [0.15, 0.2) is 0 Å². The summed E-state index contributed by atoms with van der Waals surface area (Å²) in [6.45, 7) is 0. The number of nitrogens with zero attached hydrogens (tertiary/aromatic N) is 1. The van der Waals surface area contributed by atoms with Crippen LogP contribution in [0, 0.1) is 0 Å². The Balaban J connectivity index is 1.21. The molecule has 0 saturated heterocycles. The molecule has 1 nitrogen and oxygen atoms in total. The van der Waals surface area contributed by atoms with Gasteiger partial charge < -0.3 is 0 Å². The summed E-state index contributed by atoms with van der Waals surface area (Å²) in [7, 11) is 0.